The minimum Gasteiger partial charge on any atom is -0.543 e. The number of carboxylic acids is 1. The number of nitrogens with zero attached hydrogens (tertiary/aromatic N) is 3. The molecule has 2 fully saturated rings. The van der Waals surface area contributed by atoms with E-state index in [1.807, 2.05) is 0 Å². The Morgan fingerprint density at radius 2 is 1.89 bits per heavy atom. The van der Waals surface area contributed by atoms with E-state index in [-0.39, 0.29) is 48.2 Å². The van der Waals surface area contributed by atoms with Gasteiger partial charge >= 0.3 is 41.6 Å². The number of β-lactam (4-membered cyclic amide) rings is 1. The van der Waals surface area contributed by atoms with E-state index < -0.39 is 42.0 Å². The molecule has 3 atom stereocenters. The van der Waals surface area contributed by atoms with Gasteiger partial charge in [-0.2, -0.15) is 13.2 Å². The Balaban J connectivity index is 0.00000225. The Hall–Kier alpha value is -1.56. The quantitative estimate of drug-likeness (QED) is 0.385. The normalized spacial score (nSPS) is 25.8. The fourth-order valence-corrected chi connectivity index (χ4v) is 5.09. The number of hydrogen-bond donors (Lipinski definition) is 0. The third kappa shape index (κ3) is 3.14. The minimum absolute atomic E-state index is 0. The number of hydrogen-bond acceptors (Lipinski definition) is 6. The second kappa shape index (κ2) is 7.36. The number of carbonyl (C=O) groups is 3. The van der Waals surface area contributed by atoms with Crippen molar-refractivity contribution in [1.82, 2.24) is 14.8 Å². The number of aromatic nitrogens is 1. The van der Waals surface area contributed by atoms with Crippen molar-refractivity contribution in [2.75, 3.05) is 6.54 Å². The fraction of sp³-hybridized carbons (Fsp3) is 0.375. The Kier molecular flexibility index (Phi) is 5.56. The van der Waals surface area contributed by atoms with Crippen LogP contribution in [0.2, 0.25) is 0 Å². The van der Waals surface area contributed by atoms with Crippen molar-refractivity contribution in [2.45, 2.75) is 29.6 Å². The van der Waals surface area contributed by atoms with Gasteiger partial charge in [-0.15, -0.1) is 0 Å². The number of amides is 2. The molecule has 0 N–H and O–H groups in total. The smallest absolute Gasteiger partial charge is 0.543 e. The number of carbonyl (C=O) groups excluding carboxylic acids is 3. The standard InChI is InChI=1S/C16H12F3N3O4S.Na/c17-16(18,19)15(26)21-6-3-8-9-10(21)13(23)22(9)11(14(24)25)12(8)27-7-1-4-20-5-2-7;/h1-2,4-5,8-10H,3,6H2,(H,24,25);/q;+1/p-1/t8?,9-,10+;/m1./s1. The van der Waals surface area contributed by atoms with Crippen LogP contribution < -0.4 is 34.7 Å². The summed E-state index contributed by atoms with van der Waals surface area (Å²) in [6.07, 6.45) is -1.93. The van der Waals surface area contributed by atoms with Crippen molar-refractivity contribution in [2.24, 2.45) is 5.92 Å². The second-order valence-electron chi connectivity index (χ2n) is 6.32. The van der Waals surface area contributed by atoms with Crippen molar-refractivity contribution in [3.63, 3.8) is 0 Å². The number of halogens is 3. The van der Waals surface area contributed by atoms with Crippen molar-refractivity contribution in [3.8, 4) is 0 Å². The summed E-state index contributed by atoms with van der Waals surface area (Å²) in [4.78, 5) is 42.1. The summed E-state index contributed by atoms with van der Waals surface area (Å²) in [6, 6.07) is 1.20. The van der Waals surface area contributed by atoms with Crippen LogP contribution in [0.25, 0.3) is 0 Å². The maximum atomic E-state index is 12.8. The number of rotatable bonds is 3. The summed E-state index contributed by atoms with van der Waals surface area (Å²) in [5.74, 6) is -4.94. The number of pyridine rings is 1. The first-order chi connectivity index (χ1) is 12.7. The van der Waals surface area contributed by atoms with Crippen molar-refractivity contribution >= 4 is 29.5 Å². The molecular weight excluding hydrogens is 410 g/mol. The van der Waals surface area contributed by atoms with E-state index in [4.69, 9.17) is 0 Å². The van der Waals surface area contributed by atoms with E-state index >= 15 is 0 Å². The molecular formula is C16H11F3N3NaO4S. The van der Waals surface area contributed by atoms with Gasteiger partial charge in [-0.1, -0.05) is 11.8 Å². The van der Waals surface area contributed by atoms with Crippen molar-refractivity contribution in [3.05, 3.63) is 35.1 Å². The van der Waals surface area contributed by atoms with Gasteiger partial charge in [0.05, 0.1) is 17.7 Å². The van der Waals surface area contributed by atoms with E-state index in [2.05, 4.69) is 4.98 Å². The Morgan fingerprint density at radius 1 is 1.25 bits per heavy atom. The minimum atomic E-state index is -5.09. The van der Waals surface area contributed by atoms with Crippen molar-refractivity contribution in [1.29, 1.82) is 0 Å². The largest absolute Gasteiger partial charge is 1.00 e. The molecule has 2 saturated heterocycles. The molecule has 0 aromatic carbocycles. The topological polar surface area (TPSA) is 93.6 Å². The Labute approximate surface area is 183 Å². The number of carboxylic acid groups (broad SMARTS) is 1. The molecule has 0 spiro atoms. The molecule has 1 aromatic heterocycles. The van der Waals surface area contributed by atoms with Gasteiger partial charge in [0.2, 0.25) is 0 Å². The molecule has 0 saturated carbocycles. The van der Waals surface area contributed by atoms with Gasteiger partial charge in [-0.05, 0) is 18.6 Å². The van der Waals surface area contributed by atoms with Crippen LogP contribution in [0.4, 0.5) is 13.2 Å². The Morgan fingerprint density at radius 3 is 2.46 bits per heavy atom. The zero-order valence-electron chi connectivity index (χ0n) is 14.5. The average Bonchev–Trinajstić information content (AvgIpc) is 2.93. The predicted molar refractivity (Wildman–Crippen MR) is 82.4 cm³/mol. The zero-order valence-corrected chi connectivity index (χ0v) is 17.3. The average molecular weight is 421 g/mol. The van der Waals surface area contributed by atoms with Crippen LogP contribution in [-0.2, 0) is 14.4 Å². The van der Waals surface area contributed by atoms with E-state index in [9.17, 15) is 32.7 Å². The Bertz CT molecular complexity index is 880. The fourth-order valence-electron chi connectivity index (χ4n) is 3.89. The molecule has 4 rings (SSSR count). The molecule has 0 bridgehead atoms. The second-order valence-corrected chi connectivity index (χ2v) is 7.44. The zero-order chi connectivity index (χ0) is 19.5. The van der Waals surface area contributed by atoms with Crippen LogP contribution in [0, 0.1) is 5.92 Å². The number of piperidine rings is 1. The monoisotopic (exact) mass is 421 g/mol. The van der Waals surface area contributed by atoms with Crippen molar-refractivity contribution < 1.29 is 62.2 Å². The third-order valence-corrected chi connectivity index (χ3v) is 6.15. The summed E-state index contributed by atoms with van der Waals surface area (Å²) in [5, 5.41) is 11.7. The van der Waals surface area contributed by atoms with Gasteiger partial charge in [0, 0.05) is 34.7 Å². The molecule has 1 unspecified atom stereocenters. The van der Waals surface area contributed by atoms with Gasteiger partial charge in [0.1, 0.15) is 6.04 Å². The molecule has 3 aliphatic rings. The summed E-state index contributed by atoms with van der Waals surface area (Å²) in [5.41, 5.74) is -0.325. The molecule has 7 nitrogen and oxygen atoms in total. The van der Waals surface area contributed by atoms with Gasteiger partial charge < -0.3 is 19.7 Å². The van der Waals surface area contributed by atoms with Gasteiger partial charge in [-0.3, -0.25) is 14.6 Å². The third-order valence-electron chi connectivity index (χ3n) is 4.93. The van der Waals surface area contributed by atoms with Crippen LogP contribution in [0.15, 0.2) is 40.0 Å². The SMILES string of the molecule is O=C([O-])C1=C(Sc2ccncc2)C2CCN(C(=O)C(F)(F)F)[C@@H]3C(=O)N1[C@H]23.[Na+]. The molecule has 0 aliphatic carbocycles. The molecule has 28 heavy (non-hydrogen) atoms. The molecule has 12 heteroatoms. The molecule has 3 aliphatic heterocycles. The number of likely N-dealkylation sites (tertiary alicyclic amines) is 1. The first-order valence-corrected chi connectivity index (χ1v) is 8.77. The van der Waals surface area contributed by atoms with E-state index in [1.54, 1.807) is 12.1 Å². The number of thioether (sulfide) groups is 1. The number of aliphatic carboxylic acids is 1. The summed E-state index contributed by atoms with van der Waals surface area (Å²) >= 11 is 1.12. The maximum absolute atomic E-state index is 12.8. The molecule has 2 amide bonds. The van der Waals surface area contributed by atoms with E-state index in [0.29, 0.717) is 14.7 Å². The van der Waals surface area contributed by atoms with Crippen LogP contribution in [0.3, 0.4) is 0 Å². The number of alkyl halides is 3. The van der Waals surface area contributed by atoms with Crippen LogP contribution in [0.5, 0.6) is 0 Å². The first kappa shape index (κ1) is 21.2. The van der Waals surface area contributed by atoms with Crippen LogP contribution >= 0.6 is 11.8 Å². The molecule has 0 radical (unpaired) electrons. The van der Waals surface area contributed by atoms with Gasteiger partial charge in [-0.25, -0.2) is 0 Å². The maximum Gasteiger partial charge on any atom is 1.00 e. The van der Waals surface area contributed by atoms with Crippen LogP contribution in [-0.4, -0.2) is 57.4 Å². The van der Waals surface area contributed by atoms with E-state index in [1.165, 1.54) is 12.4 Å². The first-order valence-electron chi connectivity index (χ1n) is 7.96. The van der Waals surface area contributed by atoms with E-state index in [0.717, 1.165) is 16.7 Å². The summed E-state index contributed by atoms with van der Waals surface area (Å²) in [6.45, 7) is -0.273. The predicted octanol–water partition coefficient (Wildman–Crippen LogP) is -2.86. The molecule has 1 aromatic rings. The van der Waals surface area contributed by atoms with Gasteiger partial charge in [0.25, 0.3) is 5.91 Å². The molecule has 4 heterocycles. The van der Waals surface area contributed by atoms with Gasteiger partial charge in [0.15, 0.2) is 0 Å². The molecule has 142 valence electrons. The summed E-state index contributed by atoms with van der Waals surface area (Å²) < 4.78 is 38.5. The summed E-state index contributed by atoms with van der Waals surface area (Å²) in [7, 11) is 0. The van der Waals surface area contributed by atoms with Crippen LogP contribution in [0.1, 0.15) is 6.42 Å².